The largest absolute Gasteiger partial charge is 0.496 e. The second kappa shape index (κ2) is 5.87. The molecule has 2 aromatic rings. The van der Waals surface area contributed by atoms with Gasteiger partial charge < -0.3 is 10.1 Å². The number of nitrogens with zero attached hydrogens (tertiary/aromatic N) is 2. The first kappa shape index (κ1) is 14.3. The van der Waals surface area contributed by atoms with Gasteiger partial charge in [-0.05, 0) is 26.0 Å². The minimum Gasteiger partial charge on any atom is -0.496 e. The van der Waals surface area contributed by atoms with Crippen LogP contribution in [0.4, 0.5) is 11.4 Å². The van der Waals surface area contributed by atoms with E-state index in [-0.39, 0.29) is 11.7 Å². The fourth-order valence-electron chi connectivity index (χ4n) is 1.80. The van der Waals surface area contributed by atoms with Crippen molar-refractivity contribution in [3.63, 3.8) is 0 Å². The van der Waals surface area contributed by atoms with Gasteiger partial charge in [0.15, 0.2) is 0 Å². The summed E-state index contributed by atoms with van der Waals surface area (Å²) in [6, 6.07) is 4.63. The van der Waals surface area contributed by atoms with Gasteiger partial charge in [-0.1, -0.05) is 0 Å². The first-order valence-electron chi connectivity index (χ1n) is 6.02. The second-order valence-corrected chi connectivity index (χ2v) is 5.36. The highest BCUT2D eigenvalue weighted by Gasteiger charge is 2.18. The van der Waals surface area contributed by atoms with E-state index in [9.17, 15) is 10.1 Å². The van der Waals surface area contributed by atoms with E-state index >= 15 is 0 Å². The number of benzene rings is 1. The summed E-state index contributed by atoms with van der Waals surface area (Å²) in [6.45, 7) is 3.85. The standard InChI is InChI=1S/C13H15N3O3S/c1-8(12-7-20-9(2)15-12)14-11-5-4-10(19-3)6-13(11)16(17)18/h4-8,14H,1-3H3. The quantitative estimate of drug-likeness (QED) is 0.674. The van der Waals surface area contributed by atoms with Gasteiger partial charge in [-0.15, -0.1) is 11.3 Å². The van der Waals surface area contributed by atoms with Crippen molar-refractivity contribution in [2.24, 2.45) is 0 Å². The van der Waals surface area contributed by atoms with Crippen molar-refractivity contribution < 1.29 is 9.66 Å². The normalized spacial score (nSPS) is 11.9. The van der Waals surface area contributed by atoms with Crippen molar-refractivity contribution in [3.05, 3.63) is 44.4 Å². The summed E-state index contributed by atoms with van der Waals surface area (Å²) in [4.78, 5) is 15.1. The van der Waals surface area contributed by atoms with E-state index < -0.39 is 4.92 Å². The number of rotatable bonds is 5. The van der Waals surface area contributed by atoms with Gasteiger partial charge in [-0.25, -0.2) is 4.98 Å². The molecular weight excluding hydrogens is 278 g/mol. The van der Waals surface area contributed by atoms with Crippen LogP contribution in [0.25, 0.3) is 0 Å². The first-order chi connectivity index (χ1) is 9.51. The molecule has 0 aliphatic carbocycles. The van der Waals surface area contributed by atoms with Crippen LogP contribution in [0.1, 0.15) is 23.7 Å². The van der Waals surface area contributed by atoms with Gasteiger partial charge in [0, 0.05) is 5.38 Å². The third-order valence-corrected chi connectivity index (χ3v) is 3.65. The number of anilines is 1. The predicted molar refractivity (Wildman–Crippen MR) is 78.5 cm³/mol. The number of thiazole rings is 1. The summed E-state index contributed by atoms with van der Waals surface area (Å²) in [5.41, 5.74) is 1.31. The summed E-state index contributed by atoms with van der Waals surface area (Å²) in [6.07, 6.45) is 0. The smallest absolute Gasteiger partial charge is 0.296 e. The minimum absolute atomic E-state index is 0.0110. The number of nitrogens with one attached hydrogen (secondary N) is 1. The Hall–Kier alpha value is -2.15. The van der Waals surface area contributed by atoms with Gasteiger partial charge in [0.2, 0.25) is 0 Å². The molecule has 0 spiro atoms. The van der Waals surface area contributed by atoms with Gasteiger partial charge in [0.25, 0.3) is 5.69 Å². The third kappa shape index (κ3) is 3.05. The Labute approximate surface area is 120 Å². The molecule has 106 valence electrons. The van der Waals surface area contributed by atoms with Crippen LogP contribution in [0, 0.1) is 17.0 Å². The zero-order chi connectivity index (χ0) is 14.7. The highest BCUT2D eigenvalue weighted by Crippen LogP contribution is 2.31. The Morgan fingerprint density at radius 1 is 1.50 bits per heavy atom. The summed E-state index contributed by atoms with van der Waals surface area (Å²) < 4.78 is 5.01. The van der Waals surface area contributed by atoms with Crippen LogP contribution in [0.5, 0.6) is 5.75 Å². The molecule has 0 saturated heterocycles. The molecule has 1 unspecified atom stereocenters. The number of nitro benzene ring substituents is 1. The summed E-state index contributed by atoms with van der Waals surface area (Å²) >= 11 is 1.55. The average molecular weight is 293 g/mol. The van der Waals surface area contributed by atoms with Crippen LogP contribution in [0.3, 0.4) is 0 Å². The van der Waals surface area contributed by atoms with E-state index in [1.165, 1.54) is 13.2 Å². The molecular formula is C13H15N3O3S. The molecule has 20 heavy (non-hydrogen) atoms. The lowest BCUT2D eigenvalue weighted by molar-refractivity contribution is -0.384. The molecule has 0 radical (unpaired) electrons. The van der Waals surface area contributed by atoms with Crippen LogP contribution in [0.2, 0.25) is 0 Å². The van der Waals surface area contributed by atoms with Gasteiger partial charge in [-0.3, -0.25) is 10.1 Å². The molecule has 1 aromatic carbocycles. The fourth-order valence-corrected chi connectivity index (χ4v) is 2.50. The zero-order valence-corrected chi connectivity index (χ0v) is 12.2. The van der Waals surface area contributed by atoms with E-state index in [1.54, 1.807) is 23.5 Å². The maximum absolute atomic E-state index is 11.1. The lowest BCUT2D eigenvalue weighted by atomic mass is 10.2. The fraction of sp³-hybridized carbons (Fsp3) is 0.308. The van der Waals surface area contributed by atoms with E-state index in [2.05, 4.69) is 10.3 Å². The second-order valence-electron chi connectivity index (χ2n) is 4.30. The topological polar surface area (TPSA) is 77.3 Å². The SMILES string of the molecule is COc1ccc(NC(C)c2csc(C)n2)c([N+](=O)[O-])c1. The Morgan fingerprint density at radius 3 is 2.80 bits per heavy atom. The van der Waals surface area contributed by atoms with Crippen molar-refractivity contribution >= 4 is 22.7 Å². The Kier molecular flexibility index (Phi) is 4.19. The van der Waals surface area contributed by atoms with Crippen LogP contribution in [-0.2, 0) is 0 Å². The van der Waals surface area contributed by atoms with Gasteiger partial charge in [-0.2, -0.15) is 0 Å². The van der Waals surface area contributed by atoms with Crippen molar-refractivity contribution in [1.82, 2.24) is 4.98 Å². The average Bonchev–Trinajstić information content (AvgIpc) is 2.85. The molecule has 6 nitrogen and oxygen atoms in total. The predicted octanol–water partition coefficient (Wildman–Crippen LogP) is 3.54. The Morgan fingerprint density at radius 2 is 2.25 bits per heavy atom. The third-order valence-electron chi connectivity index (χ3n) is 2.85. The molecule has 2 rings (SSSR count). The van der Waals surface area contributed by atoms with Gasteiger partial charge >= 0.3 is 0 Å². The van der Waals surface area contributed by atoms with E-state index in [4.69, 9.17) is 4.74 Å². The molecule has 1 N–H and O–H groups in total. The first-order valence-corrected chi connectivity index (χ1v) is 6.90. The summed E-state index contributed by atoms with van der Waals surface area (Å²) in [5.74, 6) is 0.458. The Bertz CT molecular complexity index is 627. The number of ether oxygens (including phenoxy) is 1. The van der Waals surface area contributed by atoms with Gasteiger partial charge in [0.1, 0.15) is 11.4 Å². The molecule has 1 heterocycles. The lowest BCUT2D eigenvalue weighted by Crippen LogP contribution is -2.09. The minimum atomic E-state index is -0.427. The molecule has 7 heteroatoms. The maximum atomic E-state index is 11.1. The van der Waals surface area contributed by atoms with E-state index in [1.807, 2.05) is 19.2 Å². The van der Waals surface area contributed by atoms with Crippen molar-refractivity contribution in [2.45, 2.75) is 19.9 Å². The van der Waals surface area contributed by atoms with Gasteiger partial charge in [0.05, 0.1) is 34.8 Å². The van der Waals surface area contributed by atoms with E-state index in [0.717, 1.165) is 10.7 Å². The van der Waals surface area contributed by atoms with Crippen LogP contribution in [0.15, 0.2) is 23.6 Å². The van der Waals surface area contributed by atoms with Crippen LogP contribution < -0.4 is 10.1 Å². The molecule has 0 amide bonds. The number of nitro groups is 1. The molecule has 1 aromatic heterocycles. The number of hydrogen-bond acceptors (Lipinski definition) is 6. The summed E-state index contributed by atoms with van der Waals surface area (Å²) in [5, 5.41) is 17.1. The van der Waals surface area contributed by atoms with Crippen molar-refractivity contribution in [2.75, 3.05) is 12.4 Å². The number of methoxy groups -OCH3 is 1. The number of aromatic nitrogens is 1. The maximum Gasteiger partial charge on any atom is 0.296 e. The van der Waals surface area contributed by atoms with E-state index in [0.29, 0.717) is 11.4 Å². The number of aryl methyl sites for hydroxylation is 1. The number of hydrogen-bond donors (Lipinski definition) is 1. The van der Waals surface area contributed by atoms with Crippen molar-refractivity contribution in [3.8, 4) is 5.75 Å². The molecule has 0 fully saturated rings. The van der Waals surface area contributed by atoms with Crippen LogP contribution in [-0.4, -0.2) is 17.0 Å². The Balaban J connectivity index is 2.26. The lowest BCUT2D eigenvalue weighted by Gasteiger charge is -2.13. The molecule has 1 atom stereocenters. The molecule has 0 bridgehead atoms. The molecule has 0 aliphatic rings. The summed E-state index contributed by atoms with van der Waals surface area (Å²) in [7, 11) is 1.48. The van der Waals surface area contributed by atoms with Crippen molar-refractivity contribution in [1.29, 1.82) is 0 Å². The van der Waals surface area contributed by atoms with Crippen LogP contribution >= 0.6 is 11.3 Å². The zero-order valence-electron chi connectivity index (χ0n) is 11.4. The monoisotopic (exact) mass is 293 g/mol. The highest BCUT2D eigenvalue weighted by atomic mass is 32.1. The highest BCUT2D eigenvalue weighted by molar-refractivity contribution is 7.09. The molecule has 0 saturated carbocycles. The molecule has 0 aliphatic heterocycles.